The summed E-state index contributed by atoms with van der Waals surface area (Å²) < 4.78 is 7.96. The van der Waals surface area contributed by atoms with E-state index in [1.165, 1.54) is 0 Å². The summed E-state index contributed by atoms with van der Waals surface area (Å²) in [5.41, 5.74) is 17.4. The number of aryl methyl sites for hydroxylation is 1. The average molecular weight is 364 g/mol. The molecule has 0 amide bonds. The topological polar surface area (TPSA) is 78.6 Å². The zero-order valence-electron chi connectivity index (χ0n) is 16.7. The van der Waals surface area contributed by atoms with Gasteiger partial charge in [0.2, 0.25) is 5.88 Å². The molecule has 0 saturated heterocycles. The quantitative estimate of drug-likeness (QED) is 0.638. The molecule has 0 atom stereocenters. The van der Waals surface area contributed by atoms with Crippen LogP contribution in [0.15, 0.2) is 66.4 Å². The van der Waals surface area contributed by atoms with Crippen molar-refractivity contribution in [1.29, 1.82) is 0 Å². The highest BCUT2D eigenvalue weighted by Crippen LogP contribution is 2.31. The van der Waals surface area contributed by atoms with Crippen molar-refractivity contribution in [3.8, 4) is 11.6 Å². The van der Waals surface area contributed by atoms with Crippen LogP contribution in [0.3, 0.4) is 0 Å². The monoisotopic (exact) mass is 364 g/mol. The van der Waals surface area contributed by atoms with Crippen LogP contribution in [0.1, 0.15) is 38.8 Å². The van der Waals surface area contributed by atoms with Gasteiger partial charge in [0.05, 0.1) is 0 Å². The average Bonchev–Trinajstić information content (AvgIpc) is 3.15. The van der Waals surface area contributed by atoms with Gasteiger partial charge < -0.3 is 20.6 Å². The number of benzene rings is 1. The van der Waals surface area contributed by atoms with Crippen LogP contribution in [0.25, 0.3) is 11.1 Å². The summed E-state index contributed by atoms with van der Waals surface area (Å²) in [4.78, 5) is 4.33. The number of hydrogen-bond donors (Lipinski definition) is 2. The molecular formula is C22H28N4O. The molecule has 0 saturated carbocycles. The van der Waals surface area contributed by atoms with E-state index < -0.39 is 0 Å². The molecule has 5 heteroatoms. The second-order valence-electron chi connectivity index (χ2n) is 6.02. The molecule has 2 aromatic heterocycles. The SMILES string of the molecule is CC.CC(=C/N)/C(=C(/C)N)c1ccc(Oc2nccn3cccc23)cc1C. The minimum absolute atomic E-state index is 0.573. The van der Waals surface area contributed by atoms with Crippen molar-refractivity contribution in [1.82, 2.24) is 9.38 Å². The Morgan fingerprint density at radius 1 is 1.15 bits per heavy atom. The number of fused-ring (bicyclic) bond motifs is 1. The molecule has 27 heavy (non-hydrogen) atoms. The smallest absolute Gasteiger partial charge is 0.243 e. The third-order valence-electron chi connectivity index (χ3n) is 4.14. The van der Waals surface area contributed by atoms with Crippen molar-refractivity contribution in [3.63, 3.8) is 0 Å². The van der Waals surface area contributed by atoms with Crippen LogP contribution < -0.4 is 16.2 Å². The number of nitrogens with zero attached hydrogens (tertiary/aromatic N) is 2. The van der Waals surface area contributed by atoms with E-state index in [4.69, 9.17) is 16.2 Å². The molecular weight excluding hydrogens is 336 g/mol. The standard InChI is InChI=1S/C20H22N4O.C2H6/c1-13-11-16(6-7-17(13)19(15(3)22)14(2)12-21)25-20-18-5-4-9-24(18)10-8-23-20;1-2/h4-12H,21-22H2,1-3H3;1-2H3/b14-12-,19-15+;. The van der Waals surface area contributed by atoms with Crippen molar-refractivity contribution in [3.05, 3.63) is 77.5 Å². The van der Waals surface area contributed by atoms with Gasteiger partial charge in [-0.2, -0.15) is 0 Å². The molecule has 3 rings (SSSR count). The number of ether oxygens (including phenoxy) is 1. The zero-order valence-corrected chi connectivity index (χ0v) is 16.7. The molecule has 1 aromatic carbocycles. The lowest BCUT2D eigenvalue weighted by molar-refractivity contribution is 0.466. The van der Waals surface area contributed by atoms with E-state index in [-0.39, 0.29) is 0 Å². The molecule has 0 aliphatic rings. The van der Waals surface area contributed by atoms with E-state index in [2.05, 4.69) is 4.98 Å². The molecule has 4 N–H and O–H groups in total. The maximum atomic E-state index is 6.07. The molecule has 0 radical (unpaired) electrons. The molecule has 142 valence electrons. The molecule has 0 aliphatic carbocycles. The van der Waals surface area contributed by atoms with Gasteiger partial charge in [-0.05, 0) is 67.9 Å². The highest BCUT2D eigenvalue weighted by Gasteiger charge is 2.12. The first-order chi connectivity index (χ1) is 13.0. The van der Waals surface area contributed by atoms with Crippen LogP contribution in [-0.2, 0) is 0 Å². The Kier molecular flexibility index (Phi) is 6.66. The number of aromatic nitrogens is 2. The highest BCUT2D eigenvalue weighted by molar-refractivity contribution is 5.82. The molecule has 5 nitrogen and oxygen atoms in total. The maximum Gasteiger partial charge on any atom is 0.243 e. The van der Waals surface area contributed by atoms with Gasteiger partial charge in [-0.1, -0.05) is 19.9 Å². The molecule has 0 spiro atoms. The maximum absolute atomic E-state index is 6.07. The fraction of sp³-hybridized carbons (Fsp3) is 0.227. The Labute approximate surface area is 161 Å². The Balaban J connectivity index is 0.00000126. The van der Waals surface area contributed by atoms with E-state index >= 15 is 0 Å². The van der Waals surface area contributed by atoms with E-state index in [0.29, 0.717) is 5.88 Å². The molecule has 0 fully saturated rings. The van der Waals surface area contributed by atoms with Crippen molar-refractivity contribution >= 4 is 11.1 Å². The molecule has 3 aromatic rings. The van der Waals surface area contributed by atoms with Gasteiger partial charge in [0, 0.05) is 29.9 Å². The summed E-state index contributed by atoms with van der Waals surface area (Å²) in [6.45, 7) is 9.86. The van der Waals surface area contributed by atoms with E-state index in [0.717, 1.165) is 39.2 Å². The first-order valence-electron chi connectivity index (χ1n) is 9.07. The van der Waals surface area contributed by atoms with E-state index in [1.54, 1.807) is 12.4 Å². The zero-order chi connectivity index (χ0) is 20.0. The Hall–Kier alpha value is -3.21. The first kappa shape index (κ1) is 20.1. The number of nitrogens with two attached hydrogens (primary N) is 2. The minimum atomic E-state index is 0.573. The van der Waals surface area contributed by atoms with Crippen molar-refractivity contribution in [2.24, 2.45) is 11.5 Å². The summed E-state index contributed by atoms with van der Waals surface area (Å²) in [6.07, 6.45) is 7.14. The fourth-order valence-electron chi connectivity index (χ4n) is 2.93. The molecule has 0 bridgehead atoms. The molecule has 2 heterocycles. The van der Waals surface area contributed by atoms with Gasteiger partial charge in [-0.3, -0.25) is 0 Å². The molecule has 0 unspecified atom stereocenters. The predicted molar refractivity (Wildman–Crippen MR) is 113 cm³/mol. The fourth-order valence-corrected chi connectivity index (χ4v) is 2.93. The van der Waals surface area contributed by atoms with Crippen molar-refractivity contribution < 1.29 is 4.74 Å². The third-order valence-corrected chi connectivity index (χ3v) is 4.14. The van der Waals surface area contributed by atoms with Crippen molar-refractivity contribution in [2.45, 2.75) is 34.6 Å². The van der Waals surface area contributed by atoms with Gasteiger partial charge in [0.25, 0.3) is 0 Å². The number of allylic oxidation sites excluding steroid dienone is 3. The lowest BCUT2D eigenvalue weighted by Crippen LogP contribution is -2.02. The first-order valence-corrected chi connectivity index (χ1v) is 9.07. The summed E-state index contributed by atoms with van der Waals surface area (Å²) >= 11 is 0. The van der Waals surface area contributed by atoms with Crippen LogP contribution in [0.2, 0.25) is 0 Å². The highest BCUT2D eigenvalue weighted by atomic mass is 16.5. The second kappa shape index (κ2) is 8.94. The number of rotatable bonds is 4. The Morgan fingerprint density at radius 3 is 2.52 bits per heavy atom. The number of hydrogen-bond acceptors (Lipinski definition) is 4. The van der Waals surface area contributed by atoms with Crippen LogP contribution in [0.5, 0.6) is 11.6 Å². The van der Waals surface area contributed by atoms with E-state index in [9.17, 15) is 0 Å². The normalized spacial score (nSPS) is 12.3. The molecule has 0 aliphatic heterocycles. The summed E-state index contributed by atoms with van der Waals surface area (Å²) in [7, 11) is 0. The van der Waals surface area contributed by atoms with Crippen LogP contribution in [0.4, 0.5) is 0 Å². The van der Waals surface area contributed by atoms with Gasteiger partial charge in [0.15, 0.2) is 0 Å². The lowest BCUT2D eigenvalue weighted by Gasteiger charge is -2.15. The largest absolute Gasteiger partial charge is 0.437 e. The lowest BCUT2D eigenvalue weighted by atomic mass is 9.94. The summed E-state index contributed by atoms with van der Waals surface area (Å²) in [5, 5.41) is 0. The van der Waals surface area contributed by atoms with E-state index in [1.807, 2.05) is 81.7 Å². The third kappa shape index (κ3) is 4.31. The summed E-state index contributed by atoms with van der Waals surface area (Å²) in [6, 6.07) is 9.83. The van der Waals surface area contributed by atoms with Crippen LogP contribution in [-0.4, -0.2) is 9.38 Å². The predicted octanol–water partition coefficient (Wildman–Crippen LogP) is 5.01. The Bertz CT molecular complexity index is 979. The van der Waals surface area contributed by atoms with Crippen LogP contribution in [0, 0.1) is 6.92 Å². The van der Waals surface area contributed by atoms with Crippen LogP contribution >= 0.6 is 0 Å². The van der Waals surface area contributed by atoms with Gasteiger partial charge >= 0.3 is 0 Å². The van der Waals surface area contributed by atoms with Gasteiger partial charge in [0.1, 0.15) is 11.3 Å². The minimum Gasteiger partial charge on any atom is -0.437 e. The van der Waals surface area contributed by atoms with Crippen molar-refractivity contribution in [2.75, 3.05) is 0 Å². The van der Waals surface area contributed by atoms with Gasteiger partial charge in [-0.15, -0.1) is 0 Å². The second-order valence-corrected chi connectivity index (χ2v) is 6.02. The van der Waals surface area contributed by atoms with Gasteiger partial charge in [-0.25, -0.2) is 4.98 Å². The Morgan fingerprint density at radius 2 is 1.89 bits per heavy atom. The summed E-state index contributed by atoms with van der Waals surface area (Å²) in [5.74, 6) is 1.30.